The lowest BCUT2D eigenvalue weighted by Gasteiger charge is -2.16. The zero-order valence-electron chi connectivity index (χ0n) is 24.6. The lowest BCUT2D eigenvalue weighted by atomic mass is 9.98. The van der Waals surface area contributed by atoms with Crippen LogP contribution in [-0.2, 0) is 24.2 Å². The molecule has 0 atom stereocenters. The van der Waals surface area contributed by atoms with Crippen molar-refractivity contribution in [1.82, 2.24) is 25.0 Å². The number of Topliss-reactive ketones (excluding diaryl/α,β-unsaturated/α-hetero) is 1. The van der Waals surface area contributed by atoms with E-state index in [1.165, 1.54) is 0 Å². The molecule has 0 fully saturated rings. The maximum Gasteiger partial charge on any atom is 0.439 e. The molecule has 3 aromatic carbocycles. The molecule has 2 N–H and O–H groups in total. The molecule has 0 radical (unpaired) electrons. The molecule has 0 aliphatic rings. The fourth-order valence-electron chi connectivity index (χ4n) is 5.04. The van der Waals surface area contributed by atoms with Crippen LogP contribution in [0.1, 0.15) is 52.8 Å². The average molecular weight is 592 g/mol. The van der Waals surface area contributed by atoms with Gasteiger partial charge in [0, 0.05) is 28.8 Å². The van der Waals surface area contributed by atoms with Crippen molar-refractivity contribution in [3.05, 3.63) is 128 Å². The average Bonchev–Trinajstić information content (AvgIpc) is 3.49. The number of aryl methyl sites for hydroxylation is 2. The van der Waals surface area contributed by atoms with Crippen LogP contribution in [0.4, 0.5) is 0 Å². The molecule has 5 rings (SSSR count). The second-order valence-corrected chi connectivity index (χ2v) is 10.5. The number of rotatable bonds is 12. The van der Waals surface area contributed by atoms with Crippen molar-refractivity contribution < 1.29 is 14.1 Å². The van der Waals surface area contributed by atoms with Crippen LogP contribution in [0.25, 0.3) is 22.5 Å². The van der Waals surface area contributed by atoms with Crippen LogP contribution in [0, 0.1) is 6.92 Å². The van der Waals surface area contributed by atoms with Crippen LogP contribution in [-0.4, -0.2) is 37.9 Å². The van der Waals surface area contributed by atoms with Gasteiger partial charge in [0.25, 0.3) is 5.56 Å². The minimum absolute atomic E-state index is 0.152. The van der Waals surface area contributed by atoms with Gasteiger partial charge in [-0.05, 0) is 30.0 Å². The first-order valence-electron chi connectivity index (χ1n) is 14.5. The van der Waals surface area contributed by atoms with Gasteiger partial charge in [0.2, 0.25) is 5.91 Å². The van der Waals surface area contributed by atoms with Crippen molar-refractivity contribution in [2.45, 2.75) is 46.1 Å². The zero-order valence-corrected chi connectivity index (χ0v) is 24.6. The summed E-state index contributed by atoms with van der Waals surface area (Å²) in [5, 5.41) is 6.47. The van der Waals surface area contributed by atoms with Gasteiger partial charge in [0.1, 0.15) is 5.82 Å². The van der Waals surface area contributed by atoms with E-state index in [1.54, 1.807) is 35.8 Å². The van der Waals surface area contributed by atoms with Crippen molar-refractivity contribution in [1.29, 1.82) is 0 Å². The summed E-state index contributed by atoms with van der Waals surface area (Å²) in [6.07, 6.45) is 2.27. The Hall–Kier alpha value is -5.38. The van der Waals surface area contributed by atoms with Gasteiger partial charge in [0.05, 0.1) is 19.5 Å². The van der Waals surface area contributed by atoms with E-state index in [0.29, 0.717) is 34.9 Å². The number of benzene rings is 3. The molecule has 0 spiro atoms. The van der Waals surface area contributed by atoms with E-state index >= 15 is 0 Å². The highest BCUT2D eigenvalue weighted by Gasteiger charge is 2.18. The molecule has 2 aromatic heterocycles. The van der Waals surface area contributed by atoms with Gasteiger partial charge in [-0.25, -0.2) is 9.78 Å². The number of H-pyrrole nitrogens is 1. The number of amides is 1. The molecule has 10 nitrogen and oxygen atoms in total. The summed E-state index contributed by atoms with van der Waals surface area (Å²) in [4.78, 5) is 57.9. The van der Waals surface area contributed by atoms with Crippen LogP contribution in [0.15, 0.2) is 93.0 Å². The van der Waals surface area contributed by atoms with Crippen LogP contribution in [0.3, 0.4) is 0 Å². The maximum absolute atomic E-state index is 13.8. The molecule has 0 bridgehead atoms. The van der Waals surface area contributed by atoms with E-state index in [0.717, 1.165) is 35.1 Å². The Morgan fingerprint density at radius 3 is 2.32 bits per heavy atom. The molecule has 10 heteroatoms. The molecule has 0 saturated carbocycles. The molecule has 44 heavy (non-hydrogen) atoms. The predicted molar refractivity (Wildman–Crippen MR) is 166 cm³/mol. The van der Waals surface area contributed by atoms with Crippen LogP contribution < -0.4 is 16.6 Å². The Labute approximate surface area is 253 Å². The van der Waals surface area contributed by atoms with Crippen LogP contribution >= 0.6 is 0 Å². The standard InChI is InChI=1S/C34H33N5O5/c1-3-4-14-30-36-22(2)28(19-31(41)35-20-29(40)25-10-6-5-7-11-25)33(42)39(30)21-23-15-17-24(18-16-23)26-12-8-9-13-27(26)32-37-34(43)44-38-32/h5-13,15-18H,3-4,14,19-21H2,1-2H3,(H,35,41)(H,37,38,43). The van der Waals surface area contributed by atoms with Crippen molar-refractivity contribution in [2.75, 3.05) is 6.54 Å². The molecule has 2 heterocycles. The highest BCUT2D eigenvalue weighted by atomic mass is 16.5. The van der Waals surface area contributed by atoms with E-state index in [2.05, 4.69) is 22.4 Å². The van der Waals surface area contributed by atoms with Gasteiger partial charge in [-0.2, -0.15) is 0 Å². The minimum atomic E-state index is -0.626. The van der Waals surface area contributed by atoms with E-state index in [1.807, 2.05) is 54.6 Å². The fourth-order valence-corrected chi connectivity index (χ4v) is 5.04. The molecule has 0 unspecified atom stereocenters. The quantitative estimate of drug-likeness (QED) is 0.204. The molecular formula is C34H33N5O5. The first-order valence-corrected chi connectivity index (χ1v) is 14.5. The second-order valence-electron chi connectivity index (χ2n) is 10.5. The first kappa shape index (κ1) is 30.1. The van der Waals surface area contributed by atoms with E-state index in [9.17, 15) is 19.2 Å². The Balaban J connectivity index is 1.37. The molecule has 1 amide bonds. The lowest BCUT2D eigenvalue weighted by Crippen LogP contribution is -2.35. The zero-order chi connectivity index (χ0) is 31.1. The van der Waals surface area contributed by atoms with Gasteiger partial charge in [0.15, 0.2) is 11.6 Å². The third-order valence-corrected chi connectivity index (χ3v) is 7.41. The molecule has 5 aromatic rings. The van der Waals surface area contributed by atoms with Gasteiger partial charge in [-0.1, -0.05) is 97.4 Å². The third-order valence-electron chi connectivity index (χ3n) is 7.41. The number of nitrogens with one attached hydrogen (secondary N) is 2. The fraction of sp³-hybridized carbons (Fsp3) is 0.235. The monoisotopic (exact) mass is 591 g/mol. The van der Waals surface area contributed by atoms with E-state index in [-0.39, 0.29) is 30.9 Å². The summed E-state index contributed by atoms with van der Waals surface area (Å²) in [5.74, 6) is -0.239. The Morgan fingerprint density at radius 1 is 0.932 bits per heavy atom. The minimum Gasteiger partial charge on any atom is -0.348 e. The number of carbonyl (C=O) groups excluding carboxylic acids is 2. The molecule has 224 valence electrons. The van der Waals surface area contributed by atoms with Gasteiger partial charge in [-0.3, -0.25) is 28.5 Å². The van der Waals surface area contributed by atoms with Crippen molar-refractivity contribution in [3.8, 4) is 22.5 Å². The summed E-state index contributed by atoms with van der Waals surface area (Å²) in [6.45, 7) is 3.95. The SMILES string of the molecule is CCCCc1nc(C)c(CC(=O)NCC(=O)c2ccccc2)c(=O)n1Cc1ccc(-c2ccccc2-c2noc(=O)[nH]2)cc1. The Kier molecular flexibility index (Phi) is 9.39. The number of aromatic nitrogens is 4. The van der Waals surface area contributed by atoms with Gasteiger partial charge >= 0.3 is 5.76 Å². The highest BCUT2D eigenvalue weighted by molar-refractivity contribution is 5.99. The number of unbranched alkanes of at least 4 members (excludes halogenated alkanes) is 1. The van der Waals surface area contributed by atoms with Crippen LogP contribution in [0.5, 0.6) is 0 Å². The number of carbonyl (C=O) groups is 2. The normalized spacial score (nSPS) is 11.0. The summed E-state index contributed by atoms with van der Waals surface area (Å²) < 4.78 is 6.33. The molecule has 0 aliphatic heterocycles. The van der Waals surface area contributed by atoms with E-state index in [4.69, 9.17) is 9.51 Å². The third kappa shape index (κ3) is 6.97. The number of hydrogen-bond donors (Lipinski definition) is 2. The predicted octanol–water partition coefficient (Wildman–Crippen LogP) is 4.49. The first-order chi connectivity index (χ1) is 21.3. The van der Waals surface area contributed by atoms with Gasteiger partial charge in [-0.15, -0.1) is 0 Å². The summed E-state index contributed by atoms with van der Waals surface area (Å²) >= 11 is 0. The Bertz CT molecular complexity index is 1890. The highest BCUT2D eigenvalue weighted by Crippen LogP contribution is 2.30. The number of nitrogens with zero attached hydrogens (tertiary/aromatic N) is 3. The van der Waals surface area contributed by atoms with Gasteiger partial charge < -0.3 is 5.32 Å². The smallest absolute Gasteiger partial charge is 0.348 e. The molecule has 0 aliphatic carbocycles. The topological polar surface area (TPSA) is 140 Å². The van der Waals surface area contributed by atoms with Crippen molar-refractivity contribution in [3.63, 3.8) is 0 Å². The van der Waals surface area contributed by atoms with E-state index < -0.39 is 11.7 Å². The maximum atomic E-state index is 13.8. The summed E-state index contributed by atoms with van der Waals surface area (Å²) in [5.41, 5.74) is 4.43. The number of ketones is 1. The summed E-state index contributed by atoms with van der Waals surface area (Å²) in [7, 11) is 0. The second kappa shape index (κ2) is 13.7. The largest absolute Gasteiger partial charge is 0.439 e. The Morgan fingerprint density at radius 2 is 1.64 bits per heavy atom. The molecule has 0 saturated heterocycles. The van der Waals surface area contributed by atoms with Crippen LogP contribution in [0.2, 0.25) is 0 Å². The summed E-state index contributed by atoms with van der Waals surface area (Å²) in [6, 6.07) is 24.0. The van der Waals surface area contributed by atoms with Crippen molar-refractivity contribution >= 4 is 11.7 Å². The lowest BCUT2D eigenvalue weighted by molar-refractivity contribution is -0.120. The number of hydrogen-bond acceptors (Lipinski definition) is 7. The molecular weight excluding hydrogens is 558 g/mol. The van der Waals surface area contributed by atoms with Crippen molar-refractivity contribution in [2.24, 2.45) is 0 Å². The number of aromatic amines is 1.